The highest BCUT2D eigenvalue weighted by atomic mass is 19.1. The third kappa shape index (κ3) is 11.3. The molecule has 0 spiro atoms. The molecule has 3 aliphatic heterocycles. The SMILES string of the molecule is CCC(=O)N=C1[C@H](C)C[C@@]2(C)OC/C(=N/OCc3ccc(-c4nccc(N)n4)cn3)CO[C@@H]([C@H]1C)[C@](C)(O)[C@@H](CC)OC(=O)[C@@](C)(F)C(=O)[C@H](C)[C@H]2O[C@@H]1O[C@H](C)C[C@H](N(C)C)[C@H]1O. The molecule has 3 fully saturated rings. The summed E-state index contributed by atoms with van der Waals surface area (Å²) in [4.78, 5) is 66.8. The van der Waals surface area contributed by atoms with Gasteiger partial charge in [0, 0.05) is 48.0 Å². The second-order valence-corrected chi connectivity index (χ2v) is 18.1. The zero-order chi connectivity index (χ0) is 47.3. The number of nitrogens with zero attached hydrogens (tertiary/aromatic N) is 6. The lowest BCUT2D eigenvalue weighted by Crippen LogP contribution is -2.61. The van der Waals surface area contributed by atoms with Crippen LogP contribution in [0, 0.1) is 17.8 Å². The third-order valence-corrected chi connectivity index (χ3v) is 12.6. The molecular formula is C45H66FN7O11. The normalized spacial score (nSPS) is 37.1. The number of hydrogen-bond donors (Lipinski definition) is 3. The minimum atomic E-state index is -3.23. The zero-order valence-corrected chi connectivity index (χ0v) is 38.8. The van der Waals surface area contributed by atoms with Gasteiger partial charge in [-0.1, -0.05) is 39.8 Å². The summed E-state index contributed by atoms with van der Waals surface area (Å²) in [6.07, 6.45) is -3.41. The molecule has 64 heavy (non-hydrogen) atoms. The molecule has 2 aromatic heterocycles. The first kappa shape index (κ1) is 50.6. The van der Waals surface area contributed by atoms with Gasteiger partial charge >= 0.3 is 5.97 Å². The Morgan fingerprint density at radius 3 is 2.41 bits per heavy atom. The minimum Gasteiger partial charge on any atom is -0.457 e. The van der Waals surface area contributed by atoms with Gasteiger partial charge in [-0.3, -0.25) is 14.6 Å². The lowest BCUT2D eigenvalue weighted by Gasteiger charge is -2.47. The number of aliphatic hydroxyl groups excluding tert-OH is 1. The first-order valence-electron chi connectivity index (χ1n) is 21.9. The number of carbonyl (C=O) groups excluding carboxylic acids is 3. The second kappa shape index (κ2) is 20.9. The monoisotopic (exact) mass is 899 g/mol. The first-order chi connectivity index (χ1) is 30.0. The van der Waals surface area contributed by atoms with Gasteiger partial charge in [0.05, 0.1) is 42.8 Å². The fraction of sp³-hybridized carbons (Fsp3) is 0.689. The van der Waals surface area contributed by atoms with Crippen molar-refractivity contribution in [3.63, 3.8) is 0 Å². The summed E-state index contributed by atoms with van der Waals surface area (Å²) < 4.78 is 48.9. The van der Waals surface area contributed by atoms with Crippen molar-refractivity contribution in [1.29, 1.82) is 0 Å². The Bertz CT molecular complexity index is 2020. The number of alkyl halides is 1. The number of fused-ring (bicyclic) bond motifs is 5. The van der Waals surface area contributed by atoms with Crippen LogP contribution in [0.3, 0.4) is 0 Å². The topological polar surface area (TPSA) is 240 Å². The molecule has 1 amide bonds. The number of hydrogen-bond acceptors (Lipinski definition) is 17. The number of aliphatic imine (C=N–C) groups is 1. The van der Waals surface area contributed by atoms with Crippen LogP contribution in [0.1, 0.15) is 93.7 Å². The average Bonchev–Trinajstić information content (AvgIpc) is 3.26. The number of ether oxygens (including phenoxy) is 5. The average molecular weight is 900 g/mol. The van der Waals surface area contributed by atoms with E-state index < -0.39 is 95.1 Å². The number of rotatable bonds is 9. The number of oxime groups is 1. The Kier molecular flexibility index (Phi) is 16.5. The predicted octanol–water partition coefficient (Wildman–Crippen LogP) is 4.04. The number of aliphatic hydroxyl groups is 2. The summed E-state index contributed by atoms with van der Waals surface area (Å²) in [5.74, 6) is -5.37. The van der Waals surface area contributed by atoms with Gasteiger partial charge in [-0.2, -0.15) is 0 Å². The summed E-state index contributed by atoms with van der Waals surface area (Å²) in [5.41, 5.74) is 0.585. The van der Waals surface area contributed by atoms with Crippen LogP contribution < -0.4 is 5.73 Å². The molecule has 5 heterocycles. The molecule has 2 aromatic rings. The van der Waals surface area contributed by atoms with Crippen molar-refractivity contribution in [2.75, 3.05) is 33.0 Å². The molecule has 3 aliphatic rings. The second-order valence-electron chi connectivity index (χ2n) is 18.1. The van der Waals surface area contributed by atoms with E-state index in [0.717, 1.165) is 6.92 Å². The molecule has 4 N–H and O–H groups in total. The number of carbonyl (C=O) groups is 3. The fourth-order valence-electron chi connectivity index (χ4n) is 8.99. The lowest BCUT2D eigenvalue weighted by molar-refractivity contribution is -0.296. The van der Waals surface area contributed by atoms with E-state index >= 15 is 4.39 Å². The summed E-state index contributed by atoms with van der Waals surface area (Å²) in [5, 5.41) is 28.6. The number of pyridine rings is 1. The Labute approximate surface area is 374 Å². The first-order valence-corrected chi connectivity index (χ1v) is 21.9. The van der Waals surface area contributed by atoms with Gasteiger partial charge < -0.3 is 49.4 Å². The number of ketones is 1. The van der Waals surface area contributed by atoms with Crippen LogP contribution in [0.15, 0.2) is 40.7 Å². The largest absolute Gasteiger partial charge is 0.457 e. The Hall–Kier alpha value is -4.37. The van der Waals surface area contributed by atoms with E-state index in [2.05, 4.69) is 25.1 Å². The predicted molar refractivity (Wildman–Crippen MR) is 233 cm³/mol. The summed E-state index contributed by atoms with van der Waals surface area (Å²) in [7, 11) is 3.63. The Morgan fingerprint density at radius 1 is 1.06 bits per heavy atom. The van der Waals surface area contributed by atoms with Gasteiger partial charge in [-0.25, -0.2) is 24.1 Å². The molecule has 5 rings (SSSR count). The quantitative estimate of drug-likeness (QED) is 0.183. The van der Waals surface area contributed by atoms with E-state index in [9.17, 15) is 24.6 Å². The summed E-state index contributed by atoms with van der Waals surface area (Å²) >= 11 is 0. The lowest BCUT2D eigenvalue weighted by atomic mass is 9.73. The molecule has 0 aliphatic carbocycles. The number of cyclic esters (lactones) is 1. The number of likely N-dealkylation sites (N-methyl/N-ethyl adjacent to an activating group) is 1. The summed E-state index contributed by atoms with van der Waals surface area (Å²) in [6.45, 7) is 13.3. The molecular weight excluding hydrogens is 834 g/mol. The van der Waals surface area contributed by atoms with Gasteiger partial charge in [0.2, 0.25) is 5.91 Å². The molecule has 3 saturated heterocycles. The standard InChI is InChI=1S/C45H66FN7O11/c1-12-32-45(9,58)39-26(5)35(51-34(54)13-2)24(3)19-43(7,60-22-30(21-59-39)52-61-23-29-15-14-28(20-49-29)40-48-17-16-33(47)50-40)38(27(6)37(56)44(8,46)42(57)63-32)64-41-36(55)31(53(10)11)18-25(4)62-41/h14-17,20,24-27,31-32,36,38-39,41,55,58H,12-13,18-19,21-23H2,1-11H3,(H2,47,48,50)/b51-35?,52-30+/t24-,25-,26+,27+,31+,32-,36-,38-,39+,41+,43-,44+,45-/m1/s1. The van der Waals surface area contributed by atoms with Crippen molar-refractivity contribution in [2.45, 2.75) is 154 Å². The Balaban J connectivity index is 1.65. The zero-order valence-electron chi connectivity index (χ0n) is 38.8. The minimum absolute atomic E-state index is 0.00830. The molecule has 13 atom stereocenters. The number of Topliss-reactive ketones (excluding diaryl/α,β-unsaturated/α-hetero) is 1. The van der Waals surface area contributed by atoms with Crippen LogP contribution in [0.2, 0.25) is 0 Å². The molecule has 19 heteroatoms. The molecule has 0 aromatic carbocycles. The van der Waals surface area contributed by atoms with Gasteiger partial charge in [0.15, 0.2) is 24.5 Å². The molecule has 0 unspecified atom stereocenters. The number of nitrogens with two attached hydrogens (primary N) is 1. The van der Waals surface area contributed by atoms with Crippen molar-refractivity contribution in [1.82, 2.24) is 19.9 Å². The van der Waals surface area contributed by atoms with E-state index in [1.807, 2.05) is 32.8 Å². The number of anilines is 1. The van der Waals surface area contributed by atoms with Crippen LogP contribution >= 0.6 is 0 Å². The van der Waals surface area contributed by atoms with Crippen LogP contribution in [0.25, 0.3) is 11.4 Å². The van der Waals surface area contributed by atoms with Gasteiger partial charge in [-0.05, 0) is 85.2 Å². The van der Waals surface area contributed by atoms with E-state index in [4.69, 9.17) is 34.3 Å². The van der Waals surface area contributed by atoms with Gasteiger partial charge in [0.25, 0.3) is 5.67 Å². The highest BCUT2D eigenvalue weighted by Gasteiger charge is 2.56. The maximum atomic E-state index is 17.0. The molecule has 2 bridgehead atoms. The van der Waals surface area contributed by atoms with E-state index in [1.54, 1.807) is 58.3 Å². The number of aromatic nitrogens is 3. The fourth-order valence-corrected chi connectivity index (χ4v) is 8.99. The van der Waals surface area contributed by atoms with Crippen LogP contribution in [-0.4, -0.2) is 146 Å². The molecule has 18 nitrogen and oxygen atoms in total. The summed E-state index contributed by atoms with van der Waals surface area (Å²) in [6, 6.07) is 4.64. The highest BCUT2D eigenvalue weighted by Crippen LogP contribution is 2.41. The van der Waals surface area contributed by atoms with Crippen molar-refractivity contribution in [3.05, 3.63) is 36.3 Å². The number of halogens is 1. The maximum absolute atomic E-state index is 17.0. The maximum Gasteiger partial charge on any atom is 0.351 e. The van der Waals surface area contributed by atoms with Crippen molar-refractivity contribution in [3.8, 4) is 11.4 Å². The van der Waals surface area contributed by atoms with E-state index in [0.29, 0.717) is 35.0 Å². The number of amides is 1. The number of nitrogen functional groups attached to an aromatic ring is 1. The molecule has 0 saturated carbocycles. The molecule has 0 radical (unpaired) electrons. The van der Waals surface area contributed by atoms with Gasteiger partial charge in [-0.15, -0.1) is 0 Å². The highest BCUT2D eigenvalue weighted by molar-refractivity contribution is 6.08. The van der Waals surface area contributed by atoms with E-state index in [-0.39, 0.29) is 44.8 Å². The smallest absolute Gasteiger partial charge is 0.351 e. The van der Waals surface area contributed by atoms with Crippen LogP contribution in [0.5, 0.6) is 0 Å². The van der Waals surface area contributed by atoms with Crippen LogP contribution in [0.4, 0.5) is 10.2 Å². The van der Waals surface area contributed by atoms with Gasteiger partial charge in [0.1, 0.15) is 29.3 Å². The van der Waals surface area contributed by atoms with Crippen LogP contribution in [-0.2, 0) is 49.5 Å². The third-order valence-electron chi connectivity index (χ3n) is 12.6. The Morgan fingerprint density at radius 2 is 1.78 bits per heavy atom. The van der Waals surface area contributed by atoms with Crippen molar-refractivity contribution >= 4 is 34.9 Å². The van der Waals surface area contributed by atoms with Crippen molar-refractivity contribution < 1.29 is 57.5 Å². The molecule has 354 valence electrons. The number of esters is 1. The van der Waals surface area contributed by atoms with E-state index in [1.165, 1.54) is 13.8 Å². The van der Waals surface area contributed by atoms with Crippen molar-refractivity contribution in [2.24, 2.45) is 27.9 Å².